The number of amides is 1. The molecule has 0 unspecified atom stereocenters. The predicted octanol–water partition coefficient (Wildman–Crippen LogP) is 4.97. The average Bonchev–Trinajstić information content (AvgIpc) is 2.38. The molecule has 2 rings (SSSR count). The summed E-state index contributed by atoms with van der Waals surface area (Å²) in [5, 5.41) is 3.33. The number of halogens is 3. The number of rotatable bonds is 3. The van der Waals surface area contributed by atoms with Crippen LogP contribution in [0.5, 0.6) is 5.75 Å². The molecule has 3 nitrogen and oxygen atoms in total. The second-order valence-electron chi connectivity index (χ2n) is 3.90. The van der Waals surface area contributed by atoms with Crippen LogP contribution in [-0.4, -0.2) is 13.0 Å². The van der Waals surface area contributed by atoms with Crippen molar-refractivity contribution in [2.24, 2.45) is 0 Å². The van der Waals surface area contributed by atoms with E-state index in [0.29, 0.717) is 26.5 Å². The zero-order chi connectivity index (χ0) is 14.7. The van der Waals surface area contributed by atoms with Gasteiger partial charge in [0, 0.05) is 8.59 Å². The van der Waals surface area contributed by atoms with E-state index < -0.39 is 0 Å². The van der Waals surface area contributed by atoms with Gasteiger partial charge in [0.25, 0.3) is 5.91 Å². The Labute approximate surface area is 143 Å². The molecule has 104 valence electrons. The first-order chi connectivity index (χ1) is 9.52. The van der Waals surface area contributed by atoms with Crippen molar-refractivity contribution >= 4 is 61.7 Å². The second kappa shape index (κ2) is 6.78. The van der Waals surface area contributed by atoms with Gasteiger partial charge in [0.2, 0.25) is 0 Å². The summed E-state index contributed by atoms with van der Waals surface area (Å²) in [6, 6.07) is 10.7. The van der Waals surface area contributed by atoms with Gasteiger partial charge in [0.05, 0.1) is 22.8 Å². The van der Waals surface area contributed by atoms with Gasteiger partial charge in [-0.1, -0.05) is 23.7 Å². The van der Waals surface area contributed by atoms with E-state index in [4.69, 9.17) is 16.3 Å². The van der Waals surface area contributed by atoms with Crippen LogP contribution in [0.1, 0.15) is 10.4 Å². The lowest BCUT2D eigenvalue weighted by atomic mass is 10.2. The van der Waals surface area contributed by atoms with Crippen molar-refractivity contribution in [1.82, 2.24) is 0 Å². The summed E-state index contributed by atoms with van der Waals surface area (Å²) >= 11 is 11.5. The molecule has 0 fully saturated rings. The molecule has 0 radical (unpaired) electrons. The van der Waals surface area contributed by atoms with E-state index in [1.54, 1.807) is 18.2 Å². The Bertz CT molecular complexity index is 664. The zero-order valence-electron chi connectivity index (χ0n) is 10.4. The average molecular weight is 467 g/mol. The Kier molecular flexibility index (Phi) is 5.29. The normalized spacial score (nSPS) is 10.2. The summed E-state index contributed by atoms with van der Waals surface area (Å²) in [4.78, 5) is 12.3. The molecule has 0 atom stereocenters. The van der Waals surface area contributed by atoms with Crippen molar-refractivity contribution in [1.29, 1.82) is 0 Å². The van der Waals surface area contributed by atoms with Gasteiger partial charge >= 0.3 is 0 Å². The molecule has 2 aromatic carbocycles. The van der Waals surface area contributed by atoms with E-state index in [1.165, 1.54) is 7.11 Å². The summed E-state index contributed by atoms with van der Waals surface area (Å²) in [6.07, 6.45) is 0. The number of hydrogen-bond acceptors (Lipinski definition) is 2. The fourth-order valence-electron chi connectivity index (χ4n) is 1.70. The minimum absolute atomic E-state index is 0.206. The summed E-state index contributed by atoms with van der Waals surface area (Å²) in [5.74, 6) is 0.330. The van der Waals surface area contributed by atoms with Crippen molar-refractivity contribution in [2.75, 3.05) is 12.4 Å². The number of anilines is 1. The van der Waals surface area contributed by atoms with Gasteiger partial charge in [0.15, 0.2) is 5.75 Å². The number of benzene rings is 2. The largest absolute Gasteiger partial charge is 0.493 e. The first kappa shape index (κ1) is 15.6. The van der Waals surface area contributed by atoms with E-state index in [9.17, 15) is 4.79 Å². The highest BCUT2D eigenvalue weighted by molar-refractivity contribution is 14.1. The molecule has 1 N–H and O–H groups in total. The summed E-state index contributed by atoms with van der Waals surface area (Å²) in [5.41, 5.74) is 1.13. The van der Waals surface area contributed by atoms with Crippen LogP contribution in [0.3, 0.4) is 0 Å². The molecule has 0 saturated heterocycles. The molecule has 0 saturated carbocycles. The van der Waals surface area contributed by atoms with Gasteiger partial charge in [-0.25, -0.2) is 0 Å². The Morgan fingerprint density at radius 3 is 2.70 bits per heavy atom. The Balaban J connectivity index is 2.35. The van der Waals surface area contributed by atoms with Gasteiger partial charge in [-0.05, 0) is 62.8 Å². The Hall–Kier alpha value is -0.790. The van der Waals surface area contributed by atoms with E-state index in [0.717, 1.165) is 3.57 Å². The number of methoxy groups -OCH3 is 1. The van der Waals surface area contributed by atoms with E-state index in [1.807, 2.05) is 18.2 Å². The highest BCUT2D eigenvalue weighted by Gasteiger charge is 2.15. The lowest BCUT2D eigenvalue weighted by Crippen LogP contribution is -2.14. The molecular formula is C14H10BrClINO2. The molecular weight excluding hydrogens is 456 g/mol. The maximum absolute atomic E-state index is 12.3. The SMILES string of the molecule is COc1c(Br)cc(Cl)cc1NC(=O)c1ccccc1I. The molecule has 20 heavy (non-hydrogen) atoms. The second-order valence-corrected chi connectivity index (χ2v) is 6.36. The number of hydrogen-bond donors (Lipinski definition) is 1. The van der Waals surface area contributed by atoms with Gasteiger partial charge < -0.3 is 10.1 Å². The fourth-order valence-corrected chi connectivity index (χ4v) is 3.30. The van der Waals surface area contributed by atoms with Gasteiger partial charge in [-0.15, -0.1) is 0 Å². The maximum Gasteiger partial charge on any atom is 0.256 e. The van der Waals surface area contributed by atoms with Crippen LogP contribution in [-0.2, 0) is 0 Å². The lowest BCUT2D eigenvalue weighted by molar-refractivity contribution is 0.102. The molecule has 0 aliphatic heterocycles. The molecule has 1 amide bonds. The van der Waals surface area contributed by atoms with Crippen LogP contribution in [0.2, 0.25) is 5.02 Å². The number of nitrogens with one attached hydrogen (secondary N) is 1. The van der Waals surface area contributed by atoms with Crippen molar-refractivity contribution in [3.8, 4) is 5.75 Å². The number of carbonyl (C=O) groups excluding carboxylic acids is 1. The summed E-state index contributed by atoms with van der Waals surface area (Å²) < 4.78 is 6.84. The molecule has 6 heteroatoms. The van der Waals surface area contributed by atoms with Gasteiger partial charge in [-0.2, -0.15) is 0 Å². The Morgan fingerprint density at radius 2 is 2.05 bits per heavy atom. The summed E-state index contributed by atoms with van der Waals surface area (Å²) in [6.45, 7) is 0. The lowest BCUT2D eigenvalue weighted by Gasteiger charge is -2.13. The van der Waals surface area contributed by atoms with Crippen LogP contribution in [0, 0.1) is 3.57 Å². The number of ether oxygens (including phenoxy) is 1. The molecule has 0 spiro atoms. The highest BCUT2D eigenvalue weighted by atomic mass is 127. The van der Waals surface area contributed by atoms with Crippen LogP contribution >= 0.6 is 50.1 Å². The fraction of sp³-hybridized carbons (Fsp3) is 0.0714. The van der Waals surface area contributed by atoms with Crippen LogP contribution in [0.25, 0.3) is 0 Å². The van der Waals surface area contributed by atoms with Crippen molar-refractivity contribution in [2.45, 2.75) is 0 Å². The van der Waals surface area contributed by atoms with Gasteiger partial charge in [0.1, 0.15) is 0 Å². The molecule has 0 aliphatic rings. The standard InChI is InChI=1S/C14H10BrClINO2/c1-20-13-10(15)6-8(16)7-12(13)18-14(19)9-4-2-3-5-11(9)17/h2-7H,1H3,(H,18,19). The smallest absolute Gasteiger partial charge is 0.256 e. The van der Waals surface area contributed by atoms with E-state index in [-0.39, 0.29) is 5.91 Å². The molecule has 0 aromatic heterocycles. The quantitative estimate of drug-likeness (QED) is 0.649. The number of carbonyl (C=O) groups is 1. The van der Waals surface area contributed by atoms with Crippen LogP contribution in [0.4, 0.5) is 5.69 Å². The first-order valence-corrected chi connectivity index (χ1v) is 7.87. The van der Waals surface area contributed by atoms with Crippen molar-refractivity contribution in [3.63, 3.8) is 0 Å². The van der Waals surface area contributed by atoms with E-state index in [2.05, 4.69) is 43.8 Å². The Morgan fingerprint density at radius 1 is 1.35 bits per heavy atom. The van der Waals surface area contributed by atoms with Crippen molar-refractivity contribution < 1.29 is 9.53 Å². The first-order valence-electron chi connectivity index (χ1n) is 5.62. The van der Waals surface area contributed by atoms with Crippen LogP contribution < -0.4 is 10.1 Å². The predicted molar refractivity (Wildman–Crippen MR) is 92.8 cm³/mol. The minimum atomic E-state index is -0.206. The molecule has 0 bridgehead atoms. The molecule has 0 heterocycles. The van der Waals surface area contributed by atoms with Gasteiger partial charge in [-0.3, -0.25) is 4.79 Å². The minimum Gasteiger partial charge on any atom is -0.493 e. The zero-order valence-corrected chi connectivity index (χ0v) is 14.9. The topological polar surface area (TPSA) is 38.3 Å². The highest BCUT2D eigenvalue weighted by Crippen LogP contribution is 2.36. The summed E-state index contributed by atoms with van der Waals surface area (Å²) in [7, 11) is 1.54. The monoisotopic (exact) mass is 465 g/mol. The third-order valence-corrected chi connectivity index (χ3v) is 4.33. The molecule has 0 aliphatic carbocycles. The third-order valence-electron chi connectivity index (χ3n) is 2.58. The maximum atomic E-state index is 12.3. The third kappa shape index (κ3) is 3.45. The van der Waals surface area contributed by atoms with Crippen molar-refractivity contribution in [3.05, 3.63) is 55.0 Å². The van der Waals surface area contributed by atoms with E-state index >= 15 is 0 Å². The molecule has 2 aromatic rings. The van der Waals surface area contributed by atoms with Crippen LogP contribution in [0.15, 0.2) is 40.9 Å².